The van der Waals surface area contributed by atoms with Crippen LogP contribution < -0.4 is 0 Å². The number of aliphatic carboxylic acids is 1. The van der Waals surface area contributed by atoms with E-state index in [1.807, 2.05) is 0 Å². The summed E-state index contributed by atoms with van der Waals surface area (Å²) in [6.45, 7) is 0. The molecule has 0 amide bonds. The molecule has 0 aliphatic rings. The fraction of sp³-hybridized carbons (Fsp3) is 0.250. The van der Waals surface area contributed by atoms with Crippen LogP contribution in [0.4, 0.5) is 0 Å². The molecule has 0 rings (SSSR count). The minimum absolute atomic E-state index is 0.138. The predicted octanol–water partition coefficient (Wildman–Crippen LogP) is 1.78. The maximum absolute atomic E-state index is 9.78. The normalized spacial score (nSPS) is 11.5. The van der Waals surface area contributed by atoms with Crippen molar-refractivity contribution < 1.29 is 9.90 Å². The Morgan fingerprint density at radius 2 is 2.25 bits per heavy atom. The minimum atomic E-state index is -0.980. The quantitative estimate of drug-likeness (QED) is 0.659. The smallest absolute Gasteiger partial charge is 0.308 e. The van der Waals surface area contributed by atoms with Gasteiger partial charge in [-0.15, -0.1) is 0 Å². The van der Waals surface area contributed by atoms with Gasteiger partial charge in [-0.2, -0.15) is 0 Å². The summed E-state index contributed by atoms with van der Waals surface area (Å²) in [4.78, 5) is 9.78. The molecule has 0 spiro atoms. The van der Waals surface area contributed by atoms with Crippen molar-refractivity contribution in [2.75, 3.05) is 0 Å². The van der Waals surface area contributed by atoms with Gasteiger partial charge < -0.3 is 5.11 Å². The van der Waals surface area contributed by atoms with Crippen LogP contribution in [0.5, 0.6) is 0 Å². The zero-order valence-corrected chi connectivity index (χ0v) is 5.41. The first-order valence-electron chi connectivity index (χ1n) is 1.83. The average molecular weight is 155 g/mol. The molecule has 1 N–H and O–H groups in total. The van der Waals surface area contributed by atoms with Gasteiger partial charge in [0.15, 0.2) is 0 Å². The highest BCUT2D eigenvalue weighted by Crippen LogP contribution is 2.07. The highest BCUT2D eigenvalue weighted by atomic mass is 35.5. The third-order valence-electron chi connectivity index (χ3n) is 0.438. The Balaban J connectivity index is 3.56. The summed E-state index contributed by atoms with van der Waals surface area (Å²) in [5.41, 5.74) is 1.04. The number of carboxylic acids is 1. The Labute approximate surface area is 56.7 Å². The first-order valence-corrected chi connectivity index (χ1v) is 2.65. The summed E-state index contributed by atoms with van der Waals surface area (Å²) >= 11 is 10.2. The molecule has 0 heterocycles. The van der Waals surface area contributed by atoms with Crippen molar-refractivity contribution in [3.8, 4) is 0 Å². The van der Waals surface area contributed by atoms with E-state index in [0.29, 0.717) is 0 Å². The van der Waals surface area contributed by atoms with E-state index < -0.39 is 5.97 Å². The van der Waals surface area contributed by atoms with Gasteiger partial charge in [-0.25, -0.2) is 0 Å². The largest absolute Gasteiger partial charge is 0.481 e. The Morgan fingerprint density at radius 1 is 1.75 bits per heavy atom. The molecule has 4 heteroatoms. The number of hydrogen-bond acceptors (Lipinski definition) is 1. The zero-order chi connectivity index (χ0) is 6.57. The lowest BCUT2D eigenvalue weighted by atomic mass is 10.4. The van der Waals surface area contributed by atoms with Gasteiger partial charge in [0.25, 0.3) is 0 Å². The van der Waals surface area contributed by atoms with Crippen molar-refractivity contribution in [3.63, 3.8) is 0 Å². The maximum atomic E-state index is 9.78. The van der Waals surface area contributed by atoms with Crippen LogP contribution in [-0.4, -0.2) is 11.1 Å². The maximum Gasteiger partial charge on any atom is 0.308 e. The number of hydrogen-bond donors (Lipinski definition) is 1. The summed E-state index contributed by atoms with van der Waals surface area (Å²) in [6, 6.07) is 0. The molecule has 0 atom stereocenters. The molecule has 0 unspecified atom stereocenters. The Hall–Kier alpha value is -0.210. The minimum Gasteiger partial charge on any atom is -0.481 e. The molecule has 0 saturated carbocycles. The summed E-state index contributed by atoms with van der Waals surface area (Å²) in [5, 5.41) is 8.17. The van der Waals surface area contributed by atoms with Gasteiger partial charge in [0, 0.05) is 10.6 Å². The van der Waals surface area contributed by atoms with Crippen molar-refractivity contribution in [3.05, 3.63) is 10.6 Å². The van der Waals surface area contributed by atoms with E-state index in [9.17, 15) is 4.79 Å². The van der Waals surface area contributed by atoms with Gasteiger partial charge >= 0.3 is 5.97 Å². The van der Waals surface area contributed by atoms with Gasteiger partial charge in [-0.1, -0.05) is 23.2 Å². The molecule has 0 aliphatic heterocycles. The molecule has 2 nitrogen and oxygen atoms in total. The first-order chi connectivity index (χ1) is 3.66. The fourth-order valence-corrected chi connectivity index (χ4v) is 0.375. The second kappa shape index (κ2) is 3.75. The molecule has 8 heavy (non-hydrogen) atoms. The Morgan fingerprint density at radius 3 is 2.38 bits per heavy atom. The second-order valence-corrected chi connectivity index (χ2v) is 1.83. The fourth-order valence-electron chi connectivity index (χ4n) is 0.183. The summed E-state index contributed by atoms with van der Waals surface area (Å²) in [7, 11) is 0. The highest BCUT2D eigenvalue weighted by Gasteiger charge is 1.97. The summed E-state index contributed by atoms with van der Waals surface area (Å²) in [5.74, 6) is -0.980. The third kappa shape index (κ3) is 3.96. The monoisotopic (exact) mass is 154 g/mol. The number of halogens is 2. The van der Waals surface area contributed by atoms with E-state index in [1.54, 1.807) is 0 Å². The van der Waals surface area contributed by atoms with Crippen LogP contribution in [-0.2, 0) is 4.79 Å². The van der Waals surface area contributed by atoms with Gasteiger partial charge in [0.2, 0.25) is 0 Å². The van der Waals surface area contributed by atoms with E-state index in [-0.39, 0.29) is 11.5 Å². The standard InChI is InChI=1S/C4H4Cl2O2/c5-2-3(6)1-4(7)8/h2H,1H2,(H,7,8). The van der Waals surface area contributed by atoms with Crippen LogP contribution in [0, 0.1) is 0 Å². The van der Waals surface area contributed by atoms with Crippen molar-refractivity contribution in [2.24, 2.45) is 0 Å². The van der Waals surface area contributed by atoms with E-state index in [0.717, 1.165) is 5.54 Å². The lowest BCUT2D eigenvalue weighted by Crippen LogP contribution is -1.92. The van der Waals surface area contributed by atoms with Crippen LogP contribution in [0.1, 0.15) is 6.42 Å². The van der Waals surface area contributed by atoms with E-state index in [4.69, 9.17) is 28.3 Å². The van der Waals surface area contributed by atoms with E-state index >= 15 is 0 Å². The third-order valence-corrected chi connectivity index (χ3v) is 1.06. The zero-order valence-electron chi connectivity index (χ0n) is 3.90. The van der Waals surface area contributed by atoms with Crippen molar-refractivity contribution in [2.45, 2.75) is 6.42 Å². The van der Waals surface area contributed by atoms with E-state index in [1.165, 1.54) is 0 Å². The average Bonchev–Trinajstić information content (AvgIpc) is 1.65. The molecule has 0 bridgehead atoms. The molecule has 0 aromatic heterocycles. The first kappa shape index (κ1) is 7.79. The predicted molar refractivity (Wildman–Crippen MR) is 32.0 cm³/mol. The number of carboxylic acid groups (broad SMARTS) is 1. The lowest BCUT2D eigenvalue weighted by molar-refractivity contribution is -0.136. The van der Waals surface area contributed by atoms with Gasteiger partial charge in [-0.3, -0.25) is 4.79 Å². The van der Waals surface area contributed by atoms with Gasteiger partial charge in [0.1, 0.15) is 0 Å². The van der Waals surface area contributed by atoms with Crippen molar-refractivity contribution in [1.29, 1.82) is 0 Å². The van der Waals surface area contributed by atoms with E-state index in [2.05, 4.69) is 0 Å². The molecule has 0 radical (unpaired) electrons. The topological polar surface area (TPSA) is 37.3 Å². The second-order valence-electron chi connectivity index (χ2n) is 1.13. The Bertz CT molecular complexity index is 119. The van der Waals surface area contributed by atoms with Crippen LogP contribution in [0.2, 0.25) is 0 Å². The molecule has 46 valence electrons. The number of carbonyl (C=O) groups is 1. The lowest BCUT2D eigenvalue weighted by Gasteiger charge is -1.86. The molecule has 0 fully saturated rings. The molecular formula is C4H4Cl2O2. The molecule has 0 saturated heterocycles. The highest BCUT2D eigenvalue weighted by molar-refractivity contribution is 6.37. The number of rotatable bonds is 2. The van der Waals surface area contributed by atoms with Gasteiger partial charge in [0.05, 0.1) is 6.42 Å². The SMILES string of the molecule is O=C(O)CC(Cl)=CCl. The van der Waals surface area contributed by atoms with Crippen molar-refractivity contribution in [1.82, 2.24) is 0 Å². The summed E-state index contributed by atoms with van der Waals surface area (Å²) < 4.78 is 0. The molecule has 0 aromatic carbocycles. The van der Waals surface area contributed by atoms with Crippen LogP contribution in [0.25, 0.3) is 0 Å². The van der Waals surface area contributed by atoms with Crippen LogP contribution in [0.3, 0.4) is 0 Å². The van der Waals surface area contributed by atoms with Crippen LogP contribution >= 0.6 is 23.2 Å². The van der Waals surface area contributed by atoms with Crippen molar-refractivity contribution >= 4 is 29.2 Å². The van der Waals surface area contributed by atoms with Crippen LogP contribution in [0.15, 0.2) is 10.6 Å². The summed E-state index contributed by atoms with van der Waals surface area (Å²) in [6.07, 6.45) is -0.203. The molecule has 0 aromatic rings. The van der Waals surface area contributed by atoms with Gasteiger partial charge in [-0.05, 0) is 0 Å². The molecule has 0 aliphatic carbocycles. The Kier molecular flexibility index (Phi) is 3.65. The molecular weight excluding hydrogens is 151 g/mol.